The first kappa shape index (κ1) is 30.5. The summed E-state index contributed by atoms with van der Waals surface area (Å²) in [5.74, 6) is -0.435. The molecule has 2 rings (SSSR count). The lowest BCUT2D eigenvalue weighted by molar-refractivity contribution is -0.385. The first-order chi connectivity index (χ1) is 18.2. The van der Waals surface area contributed by atoms with Crippen LogP contribution in [0.4, 0.5) is 16.2 Å². The number of nitrogens with zero attached hydrogens (tertiary/aromatic N) is 2. The Morgan fingerprint density at radius 2 is 1.79 bits per heavy atom. The Morgan fingerprint density at radius 3 is 2.42 bits per heavy atom. The van der Waals surface area contributed by atoms with Gasteiger partial charge in [0.05, 0.1) is 18.1 Å². The number of hydrogen-bond acceptors (Lipinski definition) is 7. The van der Waals surface area contributed by atoms with Crippen molar-refractivity contribution in [2.75, 3.05) is 44.8 Å². The molecule has 1 atom stereocenters. The minimum atomic E-state index is -1.01. The predicted molar refractivity (Wildman–Crippen MR) is 143 cm³/mol. The van der Waals surface area contributed by atoms with E-state index >= 15 is 0 Å². The fourth-order valence-electron chi connectivity index (χ4n) is 3.55. The molecule has 0 aromatic heterocycles. The van der Waals surface area contributed by atoms with E-state index in [0.717, 1.165) is 18.4 Å². The monoisotopic (exact) mass is 531 g/mol. The summed E-state index contributed by atoms with van der Waals surface area (Å²) < 4.78 is 16.7. The highest BCUT2D eigenvalue weighted by Crippen LogP contribution is 2.22. The van der Waals surface area contributed by atoms with Crippen LogP contribution in [-0.4, -0.2) is 72.6 Å². The van der Waals surface area contributed by atoms with Crippen molar-refractivity contribution in [3.05, 3.63) is 63.7 Å². The highest BCUT2D eigenvalue weighted by atomic mass is 16.6. The lowest BCUT2D eigenvalue weighted by Crippen LogP contribution is -2.40. The van der Waals surface area contributed by atoms with Crippen molar-refractivity contribution in [2.24, 2.45) is 0 Å². The van der Waals surface area contributed by atoms with Gasteiger partial charge in [-0.3, -0.25) is 10.1 Å². The van der Waals surface area contributed by atoms with Gasteiger partial charge in [0.25, 0.3) is 5.69 Å². The van der Waals surface area contributed by atoms with Gasteiger partial charge < -0.3 is 29.5 Å². The van der Waals surface area contributed by atoms with Crippen LogP contribution in [0.25, 0.3) is 0 Å². The van der Waals surface area contributed by atoms with Crippen LogP contribution in [0.2, 0.25) is 0 Å². The molecule has 11 heteroatoms. The summed E-state index contributed by atoms with van der Waals surface area (Å²) in [4.78, 5) is 36.6. The summed E-state index contributed by atoms with van der Waals surface area (Å²) in [6, 6.07) is 11.2. The second-order valence-corrected chi connectivity index (χ2v) is 8.62. The number of hydrogen-bond donors (Lipinski definition) is 2. The molecule has 0 aliphatic heterocycles. The minimum absolute atomic E-state index is 0.0695. The standard InChI is InChI=1S/C27H37N3O8/c1-4-6-15-36-16-13-29(27(33)28-22-10-7-20(3)24(19-22)30(34)35)14-17-38-23-11-8-21(9-12-23)18-25(26(31)32)37-5-2/h7-12,19,25H,4-6,13-18H2,1-3H3,(H,28,33)(H,31,32). The summed E-state index contributed by atoms with van der Waals surface area (Å²) >= 11 is 0. The van der Waals surface area contributed by atoms with Gasteiger partial charge in [0, 0.05) is 43.5 Å². The summed E-state index contributed by atoms with van der Waals surface area (Å²) in [5.41, 5.74) is 1.56. The number of carboxylic acid groups (broad SMARTS) is 1. The number of carbonyl (C=O) groups excluding carboxylic acids is 1. The Hall–Kier alpha value is -3.70. The predicted octanol–water partition coefficient (Wildman–Crippen LogP) is 4.67. The first-order valence-electron chi connectivity index (χ1n) is 12.7. The van der Waals surface area contributed by atoms with E-state index in [2.05, 4.69) is 12.2 Å². The lowest BCUT2D eigenvalue weighted by atomic mass is 10.1. The van der Waals surface area contributed by atoms with E-state index in [1.54, 1.807) is 50.2 Å². The fourth-order valence-corrected chi connectivity index (χ4v) is 3.55. The molecule has 0 radical (unpaired) electrons. The van der Waals surface area contributed by atoms with E-state index in [1.165, 1.54) is 11.0 Å². The van der Waals surface area contributed by atoms with Crippen LogP contribution in [-0.2, 0) is 20.7 Å². The molecular weight excluding hydrogens is 494 g/mol. The Labute approximate surface area is 222 Å². The van der Waals surface area contributed by atoms with Crippen LogP contribution in [0.5, 0.6) is 5.75 Å². The Bertz CT molecular complexity index is 1050. The molecule has 0 aliphatic carbocycles. The first-order valence-corrected chi connectivity index (χ1v) is 12.7. The maximum Gasteiger partial charge on any atom is 0.333 e. The summed E-state index contributed by atoms with van der Waals surface area (Å²) in [5, 5.41) is 23.2. The number of rotatable bonds is 17. The number of urea groups is 1. The van der Waals surface area contributed by atoms with Gasteiger partial charge in [-0.15, -0.1) is 0 Å². The van der Waals surface area contributed by atoms with Gasteiger partial charge in [-0.1, -0.05) is 31.5 Å². The molecule has 2 N–H and O–H groups in total. The molecule has 0 fully saturated rings. The van der Waals surface area contributed by atoms with Crippen LogP contribution in [0.15, 0.2) is 42.5 Å². The Balaban J connectivity index is 1.97. The van der Waals surface area contributed by atoms with Crippen molar-refractivity contribution < 1.29 is 33.8 Å². The van der Waals surface area contributed by atoms with E-state index in [0.29, 0.717) is 43.4 Å². The van der Waals surface area contributed by atoms with E-state index in [9.17, 15) is 24.8 Å². The summed E-state index contributed by atoms with van der Waals surface area (Å²) in [7, 11) is 0. The Morgan fingerprint density at radius 1 is 1.08 bits per heavy atom. The zero-order valence-electron chi connectivity index (χ0n) is 22.2. The van der Waals surface area contributed by atoms with Gasteiger partial charge in [0.1, 0.15) is 12.4 Å². The van der Waals surface area contributed by atoms with E-state index < -0.39 is 23.0 Å². The number of ether oxygens (including phenoxy) is 3. The van der Waals surface area contributed by atoms with Crippen molar-refractivity contribution in [3.8, 4) is 5.75 Å². The number of nitro groups is 1. The third kappa shape index (κ3) is 10.3. The largest absolute Gasteiger partial charge is 0.492 e. The van der Waals surface area contributed by atoms with Crippen LogP contribution >= 0.6 is 0 Å². The maximum absolute atomic E-state index is 13.0. The van der Waals surface area contributed by atoms with Crippen molar-refractivity contribution in [1.29, 1.82) is 0 Å². The van der Waals surface area contributed by atoms with Gasteiger partial charge >= 0.3 is 12.0 Å². The average Bonchev–Trinajstić information content (AvgIpc) is 2.89. The molecule has 2 aromatic rings. The third-order valence-corrected chi connectivity index (χ3v) is 5.71. The summed E-state index contributed by atoms with van der Waals surface area (Å²) in [6.07, 6.45) is 1.27. The SMILES string of the molecule is CCCCOCCN(CCOc1ccc(CC(OCC)C(=O)O)cc1)C(=O)Nc1ccc(C)c([N+](=O)[O-])c1. The zero-order valence-corrected chi connectivity index (χ0v) is 22.2. The van der Waals surface area contributed by atoms with Crippen LogP contribution in [0.1, 0.15) is 37.8 Å². The zero-order chi connectivity index (χ0) is 27.9. The van der Waals surface area contributed by atoms with Crippen LogP contribution < -0.4 is 10.1 Å². The highest BCUT2D eigenvalue weighted by molar-refractivity contribution is 5.89. The van der Waals surface area contributed by atoms with Crippen molar-refractivity contribution >= 4 is 23.4 Å². The minimum Gasteiger partial charge on any atom is -0.492 e. The smallest absolute Gasteiger partial charge is 0.333 e. The number of anilines is 1. The topological polar surface area (TPSA) is 140 Å². The third-order valence-electron chi connectivity index (χ3n) is 5.71. The number of carbonyl (C=O) groups is 2. The number of nitrogens with one attached hydrogen (secondary N) is 1. The molecule has 0 saturated heterocycles. The van der Waals surface area contributed by atoms with Gasteiger partial charge in [0.2, 0.25) is 0 Å². The second kappa shape index (κ2) is 16.2. The second-order valence-electron chi connectivity index (χ2n) is 8.62. The van der Waals surface area contributed by atoms with Crippen molar-refractivity contribution in [2.45, 2.75) is 46.1 Å². The number of unbranched alkanes of at least 4 members (excludes halogenated alkanes) is 1. The lowest BCUT2D eigenvalue weighted by Gasteiger charge is -2.23. The molecule has 38 heavy (non-hydrogen) atoms. The molecule has 2 amide bonds. The van der Waals surface area contributed by atoms with Gasteiger partial charge in [0.15, 0.2) is 6.10 Å². The van der Waals surface area contributed by atoms with Gasteiger partial charge in [-0.2, -0.15) is 0 Å². The summed E-state index contributed by atoms with van der Waals surface area (Å²) in [6.45, 7) is 7.49. The molecule has 0 bridgehead atoms. The van der Waals surface area contributed by atoms with E-state index in [-0.39, 0.29) is 25.3 Å². The van der Waals surface area contributed by atoms with Crippen LogP contribution in [0.3, 0.4) is 0 Å². The van der Waals surface area contributed by atoms with E-state index in [1.807, 2.05) is 0 Å². The fraction of sp³-hybridized carbons (Fsp3) is 0.481. The molecule has 2 aromatic carbocycles. The highest BCUT2D eigenvalue weighted by Gasteiger charge is 2.19. The molecule has 0 spiro atoms. The van der Waals surface area contributed by atoms with Gasteiger partial charge in [-0.25, -0.2) is 9.59 Å². The number of amides is 2. The molecule has 208 valence electrons. The normalized spacial score (nSPS) is 11.6. The quantitative estimate of drug-likeness (QED) is 0.171. The average molecular weight is 532 g/mol. The molecule has 1 unspecified atom stereocenters. The number of aryl methyl sites for hydroxylation is 1. The van der Waals surface area contributed by atoms with Gasteiger partial charge in [-0.05, 0) is 44.0 Å². The number of aliphatic carboxylic acids is 1. The molecular formula is C27H37N3O8. The van der Waals surface area contributed by atoms with E-state index in [4.69, 9.17) is 14.2 Å². The number of benzene rings is 2. The molecule has 0 saturated carbocycles. The van der Waals surface area contributed by atoms with Crippen molar-refractivity contribution in [1.82, 2.24) is 4.90 Å². The number of carboxylic acids is 1. The maximum atomic E-state index is 13.0. The molecule has 0 aliphatic rings. The Kier molecular flexibility index (Phi) is 13.0. The molecule has 11 nitrogen and oxygen atoms in total. The number of nitro benzene ring substituents is 1. The van der Waals surface area contributed by atoms with Crippen molar-refractivity contribution in [3.63, 3.8) is 0 Å². The molecule has 0 heterocycles. The van der Waals surface area contributed by atoms with Crippen LogP contribution in [0, 0.1) is 17.0 Å².